The molecule has 1 saturated heterocycles. The van der Waals surface area contributed by atoms with Gasteiger partial charge >= 0.3 is 0 Å². The first-order valence-corrected chi connectivity index (χ1v) is 5.97. The maximum atomic E-state index is 11.6. The van der Waals surface area contributed by atoms with Crippen LogP contribution in [0.2, 0.25) is 0 Å². The fraction of sp³-hybridized carbons (Fsp3) is 0.900. The number of ketones is 1. The lowest BCUT2D eigenvalue weighted by Gasteiger charge is -2.20. The van der Waals surface area contributed by atoms with E-state index in [1.807, 2.05) is 0 Å². The molecule has 0 radical (unpaired) electrons. The highest BCUT2D eigenvalue weighted by atomic mass is 32.2. The van der Waals surface area contributed by atoms with Crippen molar-refractivity contribution in [3.63, 3.8) is 0 Å². The Kier molecular flexibility index (Phi) is 4.81. The molecule has 1 aliphatic heterocycles. The molecule has 76 valence electrons. The molecule has 0 aliphatic carbocycles. The van der Waals surface area contributed by atoms with Crippen molar-refractivity contribution in [3.05, 3.63) is 0 Å². The SMILES string of the molecule is CC(C)SCC(=O)C1CCOCC1. The van der Waals surface area contributed by atoms with Crippen LogP contribution in [0.15, 0.2) is 0 Å². The summed E-state index contributed by atoms with van der Waals surface area (Å²) in [6, 6.07) is 0. The van der Waals surface area contributed by atoms with Gasteiger partial charge in [0.1, 0.15) is 5.78 Å². The van der Waals surface area contributed by atoms with Crippen LogP contribution < -0.4 is 0 Å². The Morgan fingerprint density at radius 2 is 2.08 bits per heavy atom. The van der Waals surface area contributed by atoms with E-state index in [2.05, 4.69) is 13.8 Å². The molecule has 1 rings (SSSR count). The van der Waals surface area contributed by atoms with Gasteiger partial charge in [-0.1, -0.05) is 13.8 Å². The zero-order valence-electron chi connectivity index (χ0n) is 8.41. The highest BCUT2D eigenvalue weighted by Crippen LogP contribution is 2.19. The molecule has 3 heteroatoms. The van der Waals surface area contributed by atoms with Crippen molar-refractivity contribution >= 4 is 17.5 Å². The van der Waals surface area contributed by atoms with Crippen LogP contribution in [-0.4, -0.2) is 30.0 Å². The minimum absolute atomic E-state index is 0.278. The van der Waals surface area contributed by atoms with Crippen LogP contribution in [0.3, 0.4) is 0 Å². The summed E-state index contributed by atoms with van der Waals surface area (Å²) in [6.07, 6.45) is 1.86. The van der Waals surface area contributed by atoms with Crippen LogP contribution in [0.1, 0.15) is 26.7 Å². The molecule has 2 nitrogen and oxygen atoms in total. The largest absolute Gasteiger partial charge is 0.381 e. The fourth-order valence-electron chi connectivity index (χ4n) is 1.39. The topological polar surface area (TPSA) is 26.3 Å². The summed E-state index contributed by atoms with van der Waals surface area (Å²) in [5.41, 5.74) is 0. The molecule has 0 amide bonds. The predicted octanol–water partition coefficient (Wildman–Crippen LogP) is 2.12. The number of Topliss-reactive ketones (excluding diaryl/α,β-unsaturated/α-hetero) is 1. The molecule has 0 aromatic heterocycles. The molecule has 13 heavy (non-hydrogen) atoms. The zero-order valence-corrected chi connectivity index (χ0v) is 9.23. The van der Waals surface area contributed by atoms with Gasteiger partial charge in [0.25, 0.3) is 0 Å². The molecule has 1 fully saturated rings. The molecule has 1 heterocycles. The van der Waals surface area contributed by atoms with Crippen molar-refractivity contribution in [3.8, 4) is 0 Å². The van der Waals surface area contributed by atoms with E-state index < -0.39 is 0 Å². The quantitative estimate of drug-likeness (QED) is 0.698. The standard InChI is InChI=1S/C10H18O2S/c1-8(2)13-7-10(11)9-3-5-12-6-4-9/h8-9H,3-7H2,1-2H3. The molecular formula is C10H18O2S. The summed E-state index contributed by atoms with van der Waals surface area (Å²) in [5, 5.41) is 0.559. The Morgan fingerprint density at radius 3 is 2.62 bits per heavy atom. The number of hydrogen-bond donors (Lipinski definition) is 0. The van der Waals surface area contributed by atoms with Crippen molar-refractivity contribution in [2.75, 3.05) is 19.0 Å². The molecule has 0 aromatic carbocycles. The molecule has 0 spiro atoms. The number of thioether (sulfide) groups is 1. The first-order chi connectivity index (χ1) is 6.20. The lowest BCUT2D eigenvalue weighted by Crippen LogP contribution is -2.25. The predicted molar refractivity (Wildman–Crippen MR) is 56.1 cm³/mol. The van der Waals surface area contributed by atoms with Gasteiger partial charge in [-0.3, -0.25) is 4.79 Å². The number of ether oxygens (including phenoxy) is 1. The lowest BCUT2D eigenvalue weighted by molar-refractivity contribution is -0.123. The van der Waals surface area contributed by atoms with Gasteiger partial charge in [0.05, 0.1) is 5.75 Å². The minimum Gasteiger partial charge on any atom is -0.381 e. The molecule has 0 unspecified atom stereocenters. The third-order valence-corrected chi connectivity index (χ3v) is 3.35. The van der Waals surface area contributed by atoms with Crippen LogP contribution in [0, 0.1) is 5.92 Å². The van der Waals surface area contributed by atoms with Gasteiger partial charge in [-0.2, -0.15) is 11.8 Å². The molecule has 0 saturated carbocycles. The Bertz CT molecular complexity index is 162. The van der Waals surface area contributed by atoms with E-state index >= 15 is 0 Å². The van der Waals surface area contributed by atoms with Crippen LogP contribution >= 0.6 is 11.8 Å². The zero-order chi connectivity index (χ0) is 9.68. The van der Waals surface area contributed by atoms with Crippen molar-refractivity contribution < 1.29 is 9.53 Å². The third-order valence-electron chi connectivity index (χ3n) is 2.24. The Morgan fingerprint density at radius 1 is 1.46 bits per heavy atom. The first kappa shape index (κ1) is 11.1. The Balaban J connectivity index is 2.21. The second-order valence-corrected chi connectivity index (χ2v) is 5.28. The van der Waals surface area contributed by atoms with E-state index in [1.54, 1.807) is 11.8 Å². The summed E-state index contributed by atoms with van der Waals surface area (Å²) in [6.45, 7) is 5.79. The van der Waals surface area contributed by atoms with Gasteiger partial charge in [0.2, 0.25) is 0 Å². The average Bonchev–Trinajstić information content (AvgIpc) is 2.15. The highest BCUT2D eigenvalue weighted by Gasteiger charge is 2.21. The van der Waals surface area contributed by atoms with Crippen molar-refractivity contribution in [1.82, 2.24) is 0 Å². The second-order valence-electron chi connectivity index (χ2n) is 3.71. The van der Waals surface area contributed by atoms with Crippen molar-refractivity contribution in [2.45, 2.75) is 31.9 Å². The van der Waals surface area contributed by atoms with Gasteiger partial charge in [-0.05, 0) is 18.1 Å². The first-order valence-electron chi connectivity index (χ1n) is 4.92. The van der Waals surface area contributed by atoms with Crippen molar-refractivity contribution in [2.24, 2.45) is 5.92 Å². The highest BCUT2D eigenvalue weighted by molar-refractivity contribution is 8.00. The van der Waals surface area contributed by atoms with Crippen LogP contribution in [0.5, 0.6) is 0 Å². The smallest absolute Gasteiger partial charge is 0.145 e. The van der Waals surface area contributed by atoms with E-state index in [0.717, 1.165) is 26.1 Å². The van der Waals surface area contributed by atoms with Crippen LogP contribution in [0.4, 0.5) is 0 Å². The molecule has 0 aromatic rings. The molecule has 1 aliphatic rings. The molecule has 0 N–H and O–H groups in total. The Labute approximate surface area is 84.4 Å². The van der Waals surface area contributed by atoms with Crippen LogP contribution in [0.25, 0.3) is 0 Å². The third kappa shape index (κ3) is 4.14. The summed E-state index contributed by atoms with van der Waals surface area (Å²) in [7, 11) is 0. The van der Waals surface area contributed by atoms with E-state index in [-0.39, 0.29) is 5.92 Å². The number of hydrogen-bond acceptors (Lipinski definition) is 3. The lowest BCUT2D eigenvalue weighted by atomic mass is 9.96. The molecular weight excluding hydrogens is 184 g/mol. The molecule has 0 bridgehead atoms. The second kappa shape index (κ2) is 5.66. The van der Waals surface area contributed by atoms with Gasteiger partial charge < -0.3 is 4.74 Å². The van der Waals surface area contributed by atoms with Gasteiger partial charge in [0, 0.05) is 19.1 Å². The number of rotatable bonds is 4. The van der Waals surface area contributed by atoms with Gasteiger partial charge in [0.15, 0.2) is 0 Å². The van der Waals surface area contributed by atoms with Crippen molar-refractivity contribution in [1.29, 1.82) is 0 Å². The average molecular weight is 202 g/mol. The Hall–Kier alpha value is -0.0200. The van der Waals surface area contributed by atoms with Crippen LogP contribution in [-0.2, 0) is 9.53 Å². The minimum atomic E-state index is 0.278. The van der Waals surface area contributed by atoms with Gasteiger partial charge in [-0.15, -0.1) is 0 Å². The fourth-order valence-corrected chi connectivity index (χ4v) is 2.12. The number of carbonyl (C=O) groups is 1. The van der Waals surface area contributed by atoms with E-state index in [9.17, 15) is 4.79 Å². The molecule has 0 atom stereocenters. The maximum absolute atomic E-state index is 11.6. The summed E-state index contributed by atoms with van der Waals surface area (Å²) in [5.74, 6) is 1.38. The van der Waals surface area contributed by atoms with E-state index in [1.165, 1.54) is 0 Å². The normalized spacial score (nSPS) is 19.3. The van der Waals surface area contributed by atoms with Gasteiger partial charge in [-0.25, -0.2) is 0 Å². The van der Waals surface area contributed by atoms with E-state index in [0.29, 0.717) is 16.8 Å². The monoisotopic (exact) mass is 202 g/mol. The number of carbonyl (C=O) groups excluding carboxylic acids is 1. The summed E-state index contributed by atoms with van der Waals surface area (Å²) in [4.78, 5) is 11.6. The summed E-state index contributed by atoms with van der Waals surface area (Å²) < 4.78 is 5.22. The summed E-state index contributed by atoms with van der Waals surface area (Å²) >= 11 is 1.74. The maximum Gasteiger partial charge on any atom is 0.145 e. The van der Waals surface area contributed by atoms with E-state index in [4.69, 9.17) is 4.74 Å².